The molecule has 1 aromatic heterocycles. The Morgan fingerprint density at radius 2 is 2.21 bits per heavy atom. The molecule has 0 saturated carbocycles. The number of benzene rings is 1. The van der Waals surface area contributed by atoms with Gasteiger partial charge in [-0.3, -0.25) is 0 Å². The summed E-state index contributed by atoms with van der Waals surface area (Å²) in [5.41, 5.74) is 0.694. The number of nitrogens with zero attached hydrogens (tertiary/aromatic N) is 1. The van der Waals surface area contributed by atoms with Crippen LogP contribution in [0, 0.1) is 0 Å². The van der Waals surface area contributed by atoms with E-state index in [1.54, 1.807) is 25.3 Å². The quantitative estimate of drug-likeness (QED) is 0.674. The smallest absolute Gasteiger partial charge is 0.497 e. The van der Waals surface area contributed by atoms with Gasteiger partial charge in [-0.25, -0.2) is 4.98 Å². The van der Waals surface area contributed by atoms with Crippen molar-refractivity contribution in [3.8, 4) is 5.75 Å². The highest BCUT2D eigenvalue weighted by molar-refractivity contribution is 7.99. The van der Waals surface area contributed by atoms with Gasteiger partial charge in [0.2, 0.25) is 0 Å². The Hall–Kier alpha value is -1.57. The standard InChI is InChI=1S/C11H11BF3N2OS/c1-7(12(13,14)15)6-19-11-16-9-4-3-8(18-2)5-10(9)17-11/h3-5H,1,6H2,2H3,(H,16,17)/q-1. The summed E-state index contributed by atoms with van der Waals surface area (Å²) in [6.07, 6.45) is 0. The Kier molecular flexibility index (Phi) is 3.79. The maximum atomic E-state index is 12.4. The third-order valence-corrected chi connectivity index (χ3v) is 3.51. The summed E-state index contributed by atoms with van der Waals surface area (Å²) < 4.78 is 42.1. The number of nitrogens with one attached hydrogen (secondary N) is 1. The summed E-state index contributed by atoms with van der Waals surface area (Å²) in [4.78, 5) is 7.14. The molecular formula is C11H11BF3N2OS-. The normalized spacial score (nSPS) is 11.8. The topological polar surface area (TPSA) is 37.9 Å². The van der Waals surface area contributed by atoms with Crippen molar-refractivity contribution in [2.75, 3.05) is 12.9 Å². The summed E-state index contributed by atoms with van der Waals surface area (Å²) >= 11 is 0.983. The third kappa shape index (κ3) is 3.26. The molecule has 2 aromatic rings. The van der Waals surface area contributed by atoms with Crippen LogP contribution in [-0.2, 0) is 0 Å². The molecule has 2 rings (SSSR count). The minimum Gasteiger partial charge on any atom is -0.497 e. The van der Waals surface area contributed by atoms with Crippen LogP contribution in [0.15, 0.2) is 35.4 Å². The maximum Gasteiger partial charge on any atom is 0.505 e. The van der Waals surface area contributed by atoms with E-state index in [-0.39, 0.29) is 5.75 Å². The lowest BCUT2D eigenvalue weighted by Crippen LogP contribution is -2.20. The largest absolute Gasteiger partial charge is 0.505 e. The Morgan fingerprint density at radius 3 is 2.84 bits per heavy atom. The molecule has 0 fully saturated rings. The molecule has 0 atom stereocenters. The molecule has 0 aliphatic carbocycles. The molecule has 0 amide bonds. The molecule has 3 nitrogen and oxygen atoms in total. The zero-order chi connectivity index (χ0) is 14.0. The van der Waals surface area contributed by atoms with Gasteiger partial charge in [0.25, 0.3) is 0 Å². The van der Waals surface area contributed by atoms with E-state index in [1.807, 2.05) is 0 Å². The van der Waals surface area contributed by atoms with Gasteiger partial charge in [0.15, 0.2) is 5.16 Å². The van der Waals surface area contributed by atoms with Crippen LogP contribution in [0.3, 0.4) is 0 Å². The van der Waals surface area contributed by atoms with Crippen LogP contribution < -0.4 is 4.74 Å². The summed E-state index contributed by atoms with van der Waals surface area (Å²) in [7, 11) is 1.54. The van der Waals surface area contributed by atoms with Crippen LogP contribution in [0.25, 0.3) is 11.0 Å². The molecule has 0 spiro atoms. The van der Waals surface area contributed by atoms with E-state index < -0.39 is 12.4 Å². The number of fused-ring (bicyclic) bond motifs is 1. The van der Waals surface area contributed by atoms with Crippen LogP contribution >= 0.6 is 11.8 Å². The number of ether oxygens (including phenoxy) is 1. The molecule has 8 heteroatoms. The van der Waals surface area contributed by atoms with Crippen LogP contribution in [0.4, 0.5) is 12.9 Å². The SMILES string of the molecule is C=C(CSc1nc2ccc(OC)cc2[nH]1)[B-](F)(F)F. The van der Waals surface area contributed by atoms with Gasteiger partial charge < -0.3 is 22.7 Å². The minimum absolute atomic E-state index is 0.222. The molecular weight excluding hydrogens is 276 g/mol. The summed E-state index contributed by atoms with van der Waals surface area (Å²) in [6.45, 7) is -1.94. The number of rotatable bonds is 5. The van der Waals surface area contributed by atoms with Gasteiger partial charge in [0, 0.05) is 6.07 Å². The van der Waals surface area contributed by atoms with Gasteiger partial charge in [0.05, 0.1) is 18.1 Å². The van der Waals surface area contributed by atoms with Crippen LogP contribution in [0.1, 0.15) is 0 Å². The number of aromatic nitrogens is 2. The average Bonchev–Trinajstić information content (AvgIpc) is 2.76. The first-order valence-corrected chi connectivity index (χ1v) is 6.43. The second-order valence-electron chi connectivity index (χ2n) is 3.95. The number of hydrogen-bond acceptors (Lipinski definition) is 3. The number of halogens is 3. The van der Waals surface area contributed by atoms with Crippen molar-refractivity contribution in [3.05, 3.63) is 30.3 Å². The van der Waals surface area contributed by atoms with Crippen molar-refractivity contribution in [2.45, 2.75) is 5.16 Å². The molecule has 19 heavy (non-hydrogen) atoms. The fraction of sp³-hybridized carbons (Fsp3) is 0.182. The number of H-pyrrole nitrogens is 1. The third-order valence-electron chi connectivity index (χ3n) is 2.52. The molecule has 1 aromatic carbocycles. The molecule has 0 aliphatic rings. The summed E-state index contributed by atoms with van der Waals surface area (Å²) in [5.74, 6) is 0.441. The lowest BCUT2D eigenvalue weighted by molar-refractivity contribution is 0.415. The van der Waals surface area contributed by atoms with Crippen molar-refractivity contribution in [3.63, 3.8) is 0 Å². The number of methoxy groups -OCH3 is 1. The van der Waals surface area contributed by atoms with Gasteiger partial charge in [-0.1, -0.05) is 11.8 Å². The lowest BCUT2D eigenvalue weighted by Gasteiger charge is -2.16. The first kappa shape index (κ1) is 13.9. The van der Waals surface area contributed by atoms with Gasteiger partial charge in [-0.15, -0.1) is 12.1 Å². The number of imidazole rings is 1. The van der Waals surface area contributed by atoms with Crippen LogP contribution in [0.5, 0.6) is 5.75 Å². The zero-order valence-corrected chi connectivity index (χ0v) is 10.9. The fourth-order valence-corrected chi connectivity index (χ4v) is 2.27. The van der Waals surface area contributed by atoms with Crippen LogP contribution in [-0.4, -0.2) is 29.8 Å². The van der Waals surface area contributed by atoms with E-state index in [1.165, 1.54) is 0 Å². The molecule has 102 valence electrons. The first-order chi connectivity index (χ1) is 8.90. The predicted octanol–water partition coefficient (Wildman–Crippen LogP) is 3.61. The Bertz CT molecular complexity index is 611. The van der Waals surface area contributed by atoms with Crippen molar-refractivity contribution >= 4 is 29.8 Å². The van der Waals surface area contributed by atoms with Crippen molar-refractivity contribution in [2.24, 2.45) is 0 Å². The number of hydrogen-bond donors (Lipinski definition) is 1. The summed E-state index contributed by atoms with van der Waals surface area (Å²) in [6, 6.07) is 5.24. The van der Waals surface area contributed by atoms with Crippen molar-refractivity contribution in [1.29, 1.82) is 0 Å². The van der Waals surface area contributed by atoms with E-state index in [0.717, 1.165) is 17.3 Å². The second-order valence-corrected chi connectivity index (χ2v) is 4.91. The van der Waals surface area contributed by atoms with Gasteiger partial charge >= 0.3 is 6.98 Å². The molecule has 0 aliphatic heterocycles. The molecule has 0 bridgehead atoms. The fourth-order valence-electron chi connectivity index (χ4n) is 1.42. The highest BCUT2D eigenvalue weighted by Crippen LogP contribution is 2.27. The molecule has 1 N–H and O–H groups in total. The minimum atomic E-state index is -4.98. The van der Waals surface area contributed by atoms with E-state index >= 15 is 0 Å². The monoisotopic (exact) mass is 287 g/mol. The summed E-state index contributed by atoms with van der Waals surface area (Å²) in [5, 5.41) is 0.435. The van der Waals surface area contributed by atoms with Gasteiger partial charge in [-0.05, 0) is 17.9 Å². The predicted molar refractivity (Wildman–Crippen MR) is 71.6 cm³/mol. The average molecular weight is 287 g/mol. The van der Waals surface area contributed by atoms with Gasteiger partial charge in [0.1, 0.15) is 5.75 Å². The number of aromatic amines is 1. The Balaban J connectivity index is 2.12. The lowest BCUT2D eigenvalue weighted by atomic mass is 9.82. The van der Waals surface area contributed by atoms with E-state index in [2.05, 4.69) is 16.5 Å². The molecule has 0 saturated heterocycles. The number of thioether (sulfide) groups is 1. The van der Waals surface area contributed by atoms with Crippen LogP contribution in [0.2, 0.25) is 0 Å². The Labute approximate surface area is 112 Å². The zero-order valence-electron chi connectivity index (χ0n) is 10.1. The van der Waals surface area contributed by atoms with E-state index in [0.29, 0.717) is 16.4 Å². The van der Waals surface area contributed by atoms with E-state index in [9.17, 15) is 12.9 Å². The molecule has 0 unspecified atom stereocenters. The second kappa shape index (κ2) is 5.20. The highest BCUT2D eigenvalue weighted by atomic mass is 32.2. The highest BCUT2D eigenvalue weighted by Gasteiger charge is 2.26. The molecule has 0 radical (unpaired) electrons. The van der Waals surface area contributed by atoms with Crippen molar-refractivity contribution in [1.82, 2.24) is 9.97 Å². The van der Waals surface area contributed by atoms with Gasteiger partial charge in [-0.2, -0.15) is 0 Å². The Morgan fingerprint density at radius 1 is 1.47 bits per heavy atom. The molecule has 1 heterocycles. The van der Waals surface area contributed by atoms with E-state index in [4.69, 9.17) is 4.74 Å². The maximum absolute atomic E-state index is 12.4. The first-order valence-electron chi connectivity index (χ1n) is 5.44. The van der Waals surface area contributed by atoms with Crippen molar-refractivity contribution < 1.29 is 17.7 Å².